The Hall–Kier alpha value is -1.80. The van der Waals surface area contributed by atoms with Crippen molar-refractivity contribution in [1.29, 1.82) is 0 Å². The monoisotopic (exact) mass is 363 g/mol. The molecule has 1 aromatic carbocycles. The van der Waals surface area contributed by atoms with E-state index >= 15 is 0 Å². The Bertz CT molecular complexity index is 637. The van der Waals surface area contributed by atoms with Crippen molar-refractivity contribution in [2.45, 2.75) is 25.6 Å². The molecule has 1 aromatic rings. The molecule has 1 heterocycles. The van der Waals surface area contributed by atoms with Gasteiger partial charge in [0.1, 0.15) is 0 Å². The molecule has 1 saturated heterocycles. The summed E-state index contributed by atoms with van der Waals surface area (Å²) in [7, 11) is 0. The van der Waals surface area contributed by atoms with Crippen molar-refractivity contribution in [3.8, 4) is 0 Å². The molecule has 132 valence electrons. The van der Waals surface area contributed by atoms with Crippen LogP contribution in [-0.4, -0.2) is 42.4 Å². The summed E-state index contributed by atoms with van der Waals surface area (Å²) in [5.41, 5.74) is -0.980. The maximum absolute atomic E-state index is 12.9. The zero-order chi connectivity index (χ0) is 17.9. The molecule has 0 bridgehead atoms. The summed E-state index contributed by atoms with van der Waals surface area (Å²) in [6, 6.07) is 2.64. The molecule has 2 N–H and O–H groups in total. The summed E-state index contributed by atoms with van der Waals surface area (Å²) in [5, 5.41) is 4.74. The summed E-state index contributed by atoms with van der Waals surface area (Å²) < 4.78 is 38.6. The van der Waals surface area contributed by atoms with Crippen molar-refractivity contribution in [3.63, 3.8) is 0 Å². The lowest BCUT2D eigenvalue weighted by atomic mass is 10.1. The molecule has 1 aliphatic heterocycles. The van der Waals surface area contributed by atoms with Gasteiger partial charge in [0, 0.05) is 31.7 Å². The molecular formula is C15H17ClF3N3O2. The largest absolute Gasteiger partial charge is 0.417 e. The van der Waals surface area contributed by atoms with Crippen LogP contribution in [0, 0.1) is 0 Å². The predicted molar refractivity (Wildman–Crippen MR) is 83.7 cm³/mol. The summed E-state index contributed by atoms with van der Waals surface area (Å²) in [4.78, 5) is 25.4. The molecule has 0 saturated carbocycles. The van der Waals surface area contributed by atoms with Crippen LogP contribution in [0.1, 0.15) is 18.9 Å². The highest BCUT2D eigenvalue weighted by atomic mass is 35.5. The lowest BCUT2D eigenvalue weighted by molar-refractivity contribution is -0.137. The number of anilines is 1. The van der Waals surface area contributed by atoms with Crippen LogP contribution in [0.2, 0.25) is 5.02 Å². The van der Waals surface area contributed by atoms with Crippen LogP contribution in [0.4, 0.5) is 18.9 Å². The molecule has 1 aliphatic rings. The molecule has 5 nitrogen and oxygen atoms in total. The first-order valence-electron chi connectivity index (χ1n) is 7.37. The maximum Gasteiger partial charge on any atom is 0.417 e. The quantitative estimate of drug-likeness (QED) is 0.867. The number of rotatable bonds is 3. The van der Waals surface area contributed by atoms with Crippen LogP contribution >= 0.6 is 11.6 Å². The summed E-state index contributed by atoms with van der Waals surface area (Å²) in [6.45, 7) is 2.98. The fourth-order valence-electron chi connectivity index (χ4n) is 2.40. The third-order valence-electron chi connectivity index (χ3n) is 3.81. The number of benzene rings is 1. The first-order chi connectivity index (χ1) is 11.2. The molecule has 24 heavy (non-hydrogen) atoms. The second-order valence-electron chi connectivity index (χ2n) is 5.49. The molecule has 1 atom stereocenters. The third kappa shape index (κ3) is 4.61. The van der Waals surface area contributed by atoms with Gasteiger partial charge in [0.25, 0.3) is 0 Å². The third-order valence-corrected chi connectivity index (χ3v) is 4.14. The second kappa shape index (κ2) is 7.40. The van der Waals surface area contributed by atoms with Gasteiger partial charge in [0.15, 0.2) is 0 Å². The van der Waals surface area contributed by atoms with Crippen molar-refractivity contribution in [2.75, 3.05) is 25.0 Å². The van der Waals surface area contributed by atoms with E-state index in [-0.39, 0.29) is 18.0 Å². The van der Waals surface area contributed by atoms with Gasteiger partial charge in [-0.15, -0.1) is 0 Å². The van der Waals surface area contributed by atoms with Crippen LogP contribution in [0.3, 0.4) is 0 Å². The van der Waals surface area contributed by atoms with Gasteiger partial charge in [-0.05, 0) is 25.1 Å². The molecule has 0 spiro atoms. The fraction of sp³-hybridized carbons (Fsp3) is 0.467. The summed E-state index contributed by atoms with van der Waals surface area (Å²) in [6.07, 6.45) is -4.32. The Labute approximate surface area is 142 Å². The van der Waals surface area contributed by atoms with E-state index in [1.165, 1.54) is 6.07 Å². The Balaban J connectivity index is 2.07. The average molecular weight is 364 g/mol. The number of carbonyl (C=O) groups is 2. The van der Waals surface area contributed by atoms with Crippen LogP contribution < -0.4 is 10.6 Å². The lowest BCUT2D eigenvalue weighted by Crippen LogP contribution is -2.43. The summed E-state index contributed by atoms with van der Waals surface area (Å²) in [5.74, 6) is -0.530. The topological polar surface area (TPSA) is 61.4 Å². The molecule has 2 rings (SSSR count). The molecule has 0 aromatic heterocycles. The number of alkyl halides is 3. The van der Waals surface area contributed by atoms with Gasteiger partial charge in [0.2, 0.25) is 11.8 Å². The van der Waals surface area contributed by atoms with E-state index in [1.807, 2.05) is 0 Å². The predicted octanol–water partition coefficient (Wildman–Crippen LogP) is 2.51. The van der Waals surface area contributed by atoms with Gasteiger partial charge in [-0.1, -0.05) is 11.6 Å². The number of hydrogen-bond donors (Lipinski definition) is 2. The van der Waals surface area contributed by atoms with Gasteiger partial charge >= 0.3 is 6.18 Å². The molecule has 1 fully saturated rings. The van der Waals surface area contributed by atoms with Gasteiger partial charge in [-0.25, -0.2) is 0 Å². The van der Waals surface area contributed by atoms with Crippen LogP contribution in [0.15, 0.2) is 18.2 Å². The van der Waals surface area contributed by atoms with Crippen molar-refractivity contribution in [1.82, 2.24) is 10.2 Å². The Morgan fingerprint density at radius 3 is 2.75 bits per heavy atom. The van der Waals surface area contributed by atoms with Gasteiger partial charge in [0.05, 0.1) is 16.6 Å². The highest BCUT2D eigenvalue weighted by Crippen LogP contribution is 2.36. The second-order valence-corrected chi connectivity index (χ2v) is 5.90. The minimum absolute atomic E-state index is 0.0209. The van der Waals surface area contributed by atoms with Gasteiger partial charge in [-0.3, -0.25) is 14.5 Å². The van der Waals surface area contributed by atoms with Gasteiger partial charge < -0.3 is 10.6 Å². The Kier molecular flexibility index (Phi) is 5.71. The standard InChI is InChI=1S/C15H17ClF3N3O2/c1-9(22-6-4-13(23)20-5-7-22)14(24)21-10-2-3-12(16)11(8-10)15(17,18)19/h2-3,8-9H,4-7H2,1H3,(H,20,23)(H,21,24)/t9-/m1/s1. The van der Waals surface area contributed by atoms with Crippen molar-refractivity contribution < 1.29 is 22.8 Å². The van der Waals surface area contributed by atoms with Crippen molar-refractivity contribution >= 4 is 29.1 Å². The molecular weight excluding hydrogens is 347 g/mol. The first kappa shape index (κ1) is 18.5. The Morgan fingerprint density at radius 2 is 2.08 bits per heavy atom. The normalized spacial score (nSPS) is 17.8. The van der Waals surface area contributed by atoms with E-state index in [0.717, 1.165) is 12.1 Å². The zero-order valence-electron chi connectivity index (χ0n) is 12.9. The highest BCUT2D eigenvalue weighted by molar-refractivity contribution is 6.31. The number of amides is 2. The van der Waals surface area contributed by atoms with E-state index in [9.17, 15) is 22.8 Å². The van der Waals surface area contributed by atoms with E-state index < -0.39 is 28.7 Å². The highest BCUT2D eigenvalue weighted by Gasteiger charge is 2.33. The van der Waals surface area contributed by atoms with E-state index in [0.29, 0.717) is 19.6 Å². The fourth-order valence-corrected chi connectivity index (χ4v) is 2.63. The molecule has 0 unspecified atom stereocenters. The first-order valence-corrected chi connectivity index (χ1v) is 7.74. The van der Waals surface area contributed by atoms with Crippen LogP contribution in [-0.2, 0) is 15.8 Å². The molecule has 2 amide bonds. The van der Waals surface area contributed by atoms with Gasteiger partial charge in [-0.2, -0.15) is 13.2 Å². The zero-order valence-corrected chi connectivity index (χ0v) is 13.7. The smallest absolute Gasteiger partial charge is 0.355 e. The van der Waals surface area contributed by atoms with E-state index in [2.05, 4.69) is 10.6 Å². The lowest BCUT2D eigenvalue weighted by Gasteiger charge is -2.26. The number of hydrogen-bond acceptors (Lipinski definition) is 3. The summed E-state index contributed by atoms with van der Waals surface area (Å²) >= 11 is 5.55. The number of carbonyl (C=O) groups excluding carboxylic acids is 2. The Morgan fingerprint density at radius 1 is 1.38 bits per heavy atom. The van der Waals surface area contributed by atoms with Crippen molar-refractivity contribution in [3.05, 3.63) is 28.8 Å². The van der Waals surface area contributed by atoms with Crippen LogP contribution in [0.5, 0.6) is 0 Å². The minimum Gasteiger partial charge on any atom is -0.355 e. The molecule has 9 heteroatoms. The maximum atomic E-state index is 12.9. The van der Waals surface area contributed by atoms with Crippen LogP contribution in [0.25, 0.3) is 0 Å². The van der Waals surface area contributed by atoms with E-state index in [1.54, 1.807) is 11.8 Å². The number of halogens is 4. The number of nitrogens with zero attached hydrogens (tertiary/aromatic N) is 1. The average Bonchev–Trinajstić information content (AvgIpc) is 2.72. The molecule has 0 aliphatic carbocycles. The SMILES string of the molecule is C[C@H](C(=O)Nc1ccc(Cl)c(C(F)(F)F)c1)N1CCNC(=O)CC1. The minimum atomic E-state index is -4.60. The van der Waals surface area contributed by atoms with Crippen molar-refractivity contribution in [2.24, 2.45) is 0 Å². The van der Waals surface area contributed by atoms with E-state index in [4.69, 9.17) is 11.6 Å². The number of nitrogens with one attached hydrogen (secondary N) is 2. The molecule has 0 radical (unpaired) electrons.